The summed E-state index contributed by atoms with van der Waals surface area (Å²) in [6, 6.07) is 5.05. The molecule has 5 heterocycles. The smallest absolute Gasteiger partial charge is 0.241 e. The number of piperazine rings is 1. The summed E-state index contributed by atoms with van der Waals surface area (Å²) >= 11 is 6.19. The van der Waals surface area contributed by atoms with Crippen LogP contribution in [0.1, 0.15) is 33.4 Å². The molecule has 0 aromatic carbocycles. The van der Waals surface area contributed by atoms with Crippen LogP contribution in [0, 0.1) is 0 Å². The van der Waals surface area contributed by atoms with Crippen molar-refractivity contribution in [3.63, 3.8) is 0 Å². The van der Waals surface area contributed by atoms with Crippen molar-refractivity contribution in [1.29, 1.82) is 0 Å². The van der Waals surface area contributed by atoms with Gasteiger partial charge in [0.1, 0.15) is 10.8 Å². The molecule has 0 bridgehead atoms. The molecule has 3 aliphatic heterocycles. The van der Waals surface area contributed by atoms with Gasteiger partial charge >= 0.3 is 0 Å². The predicted octanol–water partition coefficient (Wildman–Crippen LogP) is 1.99. The lowest BCUT2D eigenvalue weighted by Gasteiger charge is -2.43. The molecule has 2 aromatic heterocycles. The highest BCUT2D eigenvalue weighted by Crippen LogP contribution is 2.41. The van der Waals surface area contributed by atoms with Crippen LogP contribution in [0.25, 0.3) is 5.65 Å². The van der Waals surface area contributed by atoms with Crippen molar-refractivity contribution in [2.75, 3.05) is 57.4 Å². The average molecular weight is 475 g/mol. The van der Waals surface area contributed by atoms with Crippen molar-refractivity contribution in [1.82, 2.24) is 24.5 Å². The van der Waals surface area contributed by atoms with Crippen LogP contribution in [0.15, 0.2) is 18.3 Å². The molecule has 8 nitrogen and oxygen atoms in total. The molecule has 2 fully saturated rings. The van der Waals surface area contributed by atoms with Crippen LogP contribution in [-0.2, 0) is 14.9 Å². The second-order valence-corrected chi connectivity index (χ2v) is 10.9. The van der Waals surface area contributed by atoms with Gasteiger partial charge in [0.05, 0.1) is 31.1 Å². The number of hydrogen-bond donors (Lipinski definition) is 1. The third-order valence-corrected chi connectivity index (χ3v) is 7.56. The first-order valence-electron chi connectivity index (χ1n) is 12.0. The van der Waals surface area contributed by atoms with Gasteiger partial charge in [-0.2, -0.15) is 0 Å². The Morgan fingerprint density at radius 2 is 2.12 bits per heavy atom. The summed E-state index contributed by atoms with van der Waals surface area (Å²) in [5, 5.41) is 4.08. The molecular weight excluding hydrogens is 440 g/mol. The Kier molecular flexibility index (Phi) is 6.16. The topological polar surface area (TPSA) is 65.4 Å². The Morgan fingerprint density at radius 3 is 2.91 bits per heavy atom. The zero-order valence-corrected chi connectivity index (χ0v) is 20.8. The molecular formula is C24H35ClN6O2. The number of nitrogens with zero attached hydrogens (tertiary/aromatic N) is 5. The first-order chi connectivity index (χ1) is 15.7. The van der Waals surface area contributed by atoms with Crippen molar-refractivity contribution in [2.24, 2.45) is 0 Å². The standard InChI is InChI=1S/C24H35ClN6O2/c1-16-10-29(18(9-26-16)11-28-7-8-33-14-17(28)2)13-22(32)31-15-24(3,4)23-19(31)5-6-21-27-20(25)12-30(21)23/h5-6,12,16-18,26H,7-11,13-15H2,1-4H3/t16-,17-,18-/m1/s1. The summed E-state index contributed by atoms with van der Waals surface area (Å²) in [7, 11) is 0. The van der Waals surface area contributed by atoms with Crippen LogP contribution in [0.5, 0.6) is 0 Å². The lowest BCUT2D eigenvalue weighted by Crippen LogP contribution is -2.62. The molecule has 1 N–H and O–H groups in total. The SMILES string of the molecule is C[C@@H]1CN(CC(=O)N2CC(C)(C)c3c2ccc2nc(Cl)cn32)[C@@H](CN2CCOC[C@H]2C)CN1. The highest BCUT2D eigenvalue weighted by Gasteiger charge is 2.41. The fourth-order valence-corrected chi connectivity index (χ4v) is 5.84. The fraction of sp³-hybridized carbons (Fsp3) is 0.667. The zero-order chi connectivity index (χ0) is 23.3. The molecule has 0 radical (unpaired) electrons. The summed E-state index contributed by atoms with van der Waals surface area (Å²) in [6.45, 7) is 15.1. The minimum absolute atomic E-state index is 0.154. The Morgan fingerprint density at radius 1 is 1.30 bits per heavy atom. The van der Waals surface area contributed by atoms with Gasteiger partial charge in [0.2, 0.25) is 5.91 Å². The largest absolute Gasteiger partial charge is 0.379 e. The van der Waals surface area contributed by atoms with Crippen molar-refractivity contribution < 1.29 is 9.53 Å². The van der Waals surface area contributed by atoms with E-state index >= 15 is 0 Å². The van der Waals surface area contributed by atoms with E-state index in [1.54, 1.807) is 0 Å². The van der Waals surface area contributed by atoms with Gasteiger partial charge in [0, 0.05) is 62.5 Å². The lowest BCUT2D eigenvalue weighted by molar-refractivity contribution is -0.121. The van der Waals surface area contributed by atoms with E-state index in [1.165, 1.54) is 0 Å². The van der Waals surface area contributed by atoms with Crippen LogP contribution < -0.4 is 10.2 Å². The molecule has 1 amide bonds. The number of anilines is 1. The number of nitrogens with one attached hydrogen (secondary N) is 1. The van der Waals surface area contributed by atoms with E-state index in [1.807, 2.05) is 27.6 Å². The van der Waals surface area contributed by atoms with E-state index in [9.17, 15) is 4.79 Å². The molecule has 33 heavy (non-hydrogen) atoms. The van der Waals surface area contributed by atoms with Gasteiger partial charge in [-0.05, 0) is 26.0 Å². The number of morpholine rings is 1. The third kappa shape index (κ3) is 4.39. The van der Waals surface area contributed by atoms with Gasteiger partial charge in [-0.1, -0.05) is 25.4 Å². The molecule has 2 aromatic rings. The number of carbonyl (C=O) groups excluding carboxylic acids is 1. The quantitative estimate of drug-likeness (QED) is 0.731. The summed E-state index contributed by atoms with van der Waals surface area (Å²) in [4.78, 5) is 24.9. The summed E-state index contributed by atoms with van der Waals surface area (Å²) in [5.41, 5.74) is 2.69. The van der Waals surface area contributed by atoms with Crippen molar-refractivity contribution in [2.45, 2.75) is 51.2 Å². The maximum atomic E-state index is 13.7. The minimum atomic E-state index is -0.187. The Hall–Kier alpha value is -1.71. The normalized spacial score (nSPS) is 28.4. The number of amides is 1. The van der Waals surface area contributed by atoms with Crippen LogP contribution >= 0.6 is 11.6 Å². The Balaban J connectivity index is 1.36. The molecule has 0 spiro atoms. The summed E-state index contributed by atoms with van der Waals surface area (Å²) in [6.07, 6.45) is 1.85. The molecule has 0 saturated carbocycles. The zero-order valence-electron chi connectivity index (χ0n) is 20.1. The number of ether oxygens (including phenoxy) is 1. The first kappa shape index (κ1) is 23.1. The molecule has 2 saturated heterocycles. The molecule has 0 unspecified atom stereocenters. The minimum Gasteiger partial charge on any atom is -0.379 e. The van der Waals surface area contributed by atoms with Crippen LogP contribution in [0.3, 0.4) is 0 Å². The highest BCUT2D eigenvalue weighted by atomic mass is 35.5. The van der Waals surface area contributed by atoms with Crippen molar-refractivity contribution >= 4 is 28.8 Å². The highest BCUT2D eigenvalue weighted by molar-refractivity contribution is 6.29. The van der Waals surface area contributed by atoms with Gasteiger partial charge in [-0.3, -0.25) is 19.0 Å². The summed E-state index contributed by atoms with van der Waals surface area (Å²) in [5.74, 6) is 0.154. The van der Waals surface area contributed by atoms with Crippen LogP contribution in [0.4, 0.5) is 5.69 Å². The predicted molar refractivity (Wildman–Crippen MR) is 130 cm³/mol. The van der Waals surface area contributed by atoms with E-state index in [0.717, 1.165) is 56.4 Å². The van der Waals surface area contributed by atoms with Gasteiger partial charge < -0.3 is 15.0 Å². The number of aromatic nitrogens is 2. The van der Waals surface area contributed by atoms with Gasteiger partial charge in [-0.25, -0.2) is 4.98 Å². The molecule has 3 atom stereocenters. The number of pyridine rings is 1. The number of carbonyl (C=O) groups is 1. The molecule has 5 rings (SSSR count). The average Bonchev–Trinajstić information content (AvgIpc) is 3.27. The maximum absolute atomic E-state index is 13.7. The number of halogens is 1. The van der Waals surface area contributed by atoms with E-state index < -0.39 is 0 Å². The molecule has 180 valence electrons. The second-order valence-electron chi connectivity index (χ2n) is 10.5. The monoisotopic (exact) mass is 474 g/mol. The van der Waals surface area contributed by atoms with Gasteiger partial charge in [-0.15, -0.1) is 0 Å². The maximum Gasteiger partial charge on any atom is 0.241 e. The first-order valence-corrected chi connectivity index (χ1v) is 12.4. The molecule has 0 aliphatic carbocycles. The number of fused-ring (bicyclic) bond motifs is 3. The van der Waals surface area contributed by atoms with Gasteiger partial charge in [0.15, 0.2) is 0 Å². The van der Waals surface area contributed by atoms with Crippen molar-refractivity contribution in [3.05, 3.63) is 29.2 Å². The molecule has 3 aliphatic rings. The van der Waals surface area contributed by atoms with E-state index in [-0.39, 0.29) is 11.3 Å². The van der Waals surface area contributed by atoms with Crippen LogP contribution in [-0.4, -0.2) is 95.7 Å². The number of hydrogen-bond acceptors (Lipinski definition) is 6. The number of rotatable bonds is 4. The molecule has 9 heteroatoms. The lowest BCUT2D eigenvalue weighted by atomic mass is 9.91. The fourth-order valence-electron chi connectivity index (χ4n) is 5.65. The van der Waals surface area contributed by atoms with E-state index in [2.05, 4.69) is 47.8 Å². The second kappa shape index (κ2) is 8.82. The van der Waals surface area contributed by atoms with E-state index in [0.29, 0.717) is 36.4 Å². The third-order valence-electron chi connectivity index (χ3n) is 7.38. The number of imidazole rings is 1. The Labute approximate surface area is 200 Å². The van der Waals surface area contributed by atoms with Crippen LogP contribution in [0.2, 0.25) is 5.15 Å². The van der Waals surface area contributed by atoms with Gasteiger partial charge in [0.25, 0.3) is 0 Å². The van der Waals surface area contributed by atoms with E-state index in [4.69, 9.17) is 16.3 Å². The van der Waals surface area contributed by atoms with Crippen molar-refractivity contribution in [3.8, 4) is 0 Å². The summed E-state index contributed by atoms with van der Waals surface area (Å²) < 4.78 is 7.66. The Bertz CT molecular complexity index is 1040.